The van der Waals surface area contributed by atoms with E-state index in [1.807, 2.05) is 55.5 Å². The molecular weight excluding hydrogens is 419 g/mol. The Hall–Kier alpha value is -3.35. The first kappa shape index (κ1) is 19.9. The Morgan fingerprint density at radius 2 is 0.967 bits per heavy atom. The van der Waals surface area contributed by atoms with Crippen LogP contribution in [0.3, 0.4) is 0 Å². The van der Waals surface area contributed by atoms with Crippen molar-refractivity contribution in [3.63, 3.8) is 0 Å². The number of rotatable bonds is 6. The third kappa shape index (κ3) is 5.37. The fourth-order valence-corrected chi connectivity index (χ4v) is 3.17. The first-order chi connectivity index (χ1) is 14.5. The quantitative estimate of drug-likeness (QED) is 0.311. The zero-order valence-corrected chi connectivity index (χ0v) is 17.5. The fourth-order valence-electron chi connectivity index (χ4n) is 2.79. The summed E-state index contributed by atoms with van der Waals surface area (Å²) in [5, 5.41) is 10.8. The highest BCUT2D eigenvalue weighted by molar-refractivity contribution is 6.31. The molecule has 1 aromatic heterocycles. The maximum atomic E-state index is 6.09. The molecule has 0 aliphatic carbocycles. The van der Waals surface area contributed by atoms with Crippen molar-refractivity contribution in [2.75, 3.05) is 16.0 Å². The van der Waals surface area contributed by atoms with Gasteiger partial charge in [0.1, 0.15) is 0 Å². The van der Waals surface area contributed by atoms with Crippen molar-refractivity contribution in [2.24, 2.45) is 0 Å². The van der Waals surface area contributed by atoms with Crippen LogP contribution in [0.4, 0.5) is 34.9 Å². The summed E-state index contributed by atoms with van der Waals surface area (Å²) in [5.74, 6) is 1.13. The molecule has 0 aliphatic rings. The molecule has 0 bridgehead atoms. The Bertz CT molecular complexity index is 1020. The van der Waals surface area contributed by atoms with E-state index in [0.717, 1.165) is 22.6 Å². The lowest BCUT2D eigenvalue weighted by molar-refractivity contribution is 1.06. The van der Waals surface area contributed by atoms with E-state index in [-0.39, 0.29) is 0 Å². The number of aromatic nitrogens is 3. The van der Waals surface area contributed by atoms with Crippen molar-refractivity contribution in [1.82, 2.24) is 15.0 Å². The monoisotopic (exact) mass is 436 g/mol. The van der Waals surface area contributed by atoms with Gasteiger partial charge in [-0.2, -0.15) is 15.0 Å². The van der Waals surface area contributed by atoms with Gasteiger partial charge in [0.2, 0.25) is 17.8 Å². The molecule has 3 aromatic carbocycles. The van der Waals surface area contributed by atoms with Gasteiger partial charge in [0.05, 0.1) is 0 Å². The van der Waals surface area contributed by atoms with Crippen LogP contribution >= 0.6 is 23.2 Å². The summed E-state index contributed by atoms with van der Waals surface area (Å²) < 4.78 is 0. The molecule has 0 radical (unpaired) electrons. The average Bonchev–Trinajstić information content (AvgIpc) is 2.68. The molecule has 0 fully saturated rings. The summed E-state index contributed by atoms with van der Waals surface area (Å²) in [6.45, 7) is 2.02. The topological polar surface area (TPSA) is 74.8 Å². The van der Waals surface area contributed by atoms with Crippen molar-refractivity contribution in [1.29, 1.82) is 0 Å². The van der Waals surface area contributed by atoms with Crippen LogP contribution < -0.4 is 16.0 Å². The molecule has 30 heavy (non-hydrogen) atoms. The van der Waals surface area contributed by atoms with Crippen LogP contribution in [-0.2, 0) is 0 Å². The molecule has 8 heteroatoms. The summed E-state index contributed by atoms with van der Waals surface area (Å²) in [4.78, 5) is 13.4. The molecule has 0 saturated heterocycles. The van der Waals surface area contributed by atoms with Gasteiger partial charge in [0, 0.05) is 27.1 Å². The van der Waals surface area contributed by atoms with Crippen LogP contribution in [0.2, 0.25) is 10.0 Å². The van der Waals surface area contributed by atoms with Gasteiger partial charge >= 0.3 is 0 Å². The van der Waals surface area contributed by atoms with E-state index in [0.29, 0.717) is 27.9 Å². The molecule has 0 atom stereocenters. The largest absolute Gasteiger partial charge is 0.324 e. The van der Waals surface area contributed by atoms with Crippen LogP contribution in [0.15, 0.2) is 72.8 Å². The Morgan fingerprint density at radius 3 is 1.37 bits per heavy atom. The molecular formula is C22H18Cl2N6. The zero-order valence-electron chi connectivity index (χ0n) is 16.0. The van der Waals surface area contributed by atoms with Crippen LogP contribution in [0, 0.1) is 6.92 Å². The van der Waals surface area contributed by atoms with Crippen molar-refractivity contribution in [3.8, 4) is 0 Å². The Balaban J connectivity index is 1.67. The SMILES string of the molecule is Cc1cccc(Nc2nc(Nc3cccc(Cl)c3)nc(Nc3cccc(Cl)c3)n2)c1. The lowest BCUT2D eigenvalue weighted by Crippen LogP contribution is -2.07. The minimum atomic E-state index is 0.368. The zero-order chi connectivity index (χ0) is 20.9. The minimum absolute atomic E-state index is 0.368. The van der Waals surface area contributed by atoms with E-state index >= 15 is 0 Å². The molecule has 4 aromatic rings. The third-order valence-corrected chi connectivity index (χ3v) is 4.54. The van der Waals surface area contributed by atoms with Crippen LogP contribution in [0.1, 0.15) is 5.56 Å². The molecule has 1 heterocycles. The number of hydrogen-bond acceptors (Lipinski definition) is 6. The number of aryl methyl sites for hydroxylation is 1. The first-order valence-electron chi connectivity index (χ1n) is 9.18. The van der Waals surface area contributed by atoms with E-state index in [1.165, 1.54) is 0 Å². The highest BCUT2D eigenvalue weighted by Gasteiger charge is 2.09. The van der Waals surface area contributed by atoms with E-state index in [2.05, 4.69) is 30.9 Å². The summed E-state index contributed by atoms with van der Waals surface area (Å²) in [7, 11) is 0. The van der Waals surface area contributed by atoms with Crippen molar-refractivity contribution >= 4 is 58.1 Å². The molecule has 0 unspecified atom stereocenters. The van der Waals surface area contributed by atoms with Gasteiger partial charge in [-0.25, -0.2) is 0 Å². The van der Waals surface area contributed by atoms with Crippen molar-refractivity contribution in [3.05, 3.63) is 88.4 Å². The van der Waals surface area contributed by atoms with Gasteiger partial charge in [-0.05, 0) is 61.0 Å². The van der Waals surface area contributed by atoms with Gasteiger partial charge in [0.15, 0.2) is 0 Å². The Morgan fingerprint density at radius 1 is 0.567 bits per heavy atom. The van der Waals surface area contributed by atoms with E-state index in [4.69, 9.17) is 23.2 Å². The first-order valence-corrected chi connectivity index (χ1v) is 9.94. The van der Waals surface area contributed by atoms with Crippen molar-refractivity contribution < 1.29 is 0 Å². The molecule has 3 N–H and O–H groups in total. The van der Waals surface area contributed by atoms with Crippen LogP contribution in [0.25, 0.3) is 0 Å². The van der Waals surface area contributed by atoms with Gasteiger partial charge < -0.3 is 16.0 Å². The second-order valence-electron chi connectivity index (χ2n) is 6.57. The minimum Gasteiger partial charge on any atom is -0.324 e. The third-order valence-electron chi connectivity index (χ3n) is 4.07. The molecule has 0 saturated carbocycles. The number of anilines is 6. The standard InChI is InChI=1S/C22H18Cl2N6/c1-14-5-2-8-17(11-14)25-20-28-21(26-18-9-3-6-15(23)12-18)30-22(29-20)27-19-10-4-7-16(24)13-19/h2-13H,1H3,(H3,25,26,27,28,29,30). The number of benzene rings is 3. The number of nitrogens with one attached hydrogen (secondary N) is 3. The molecule has 150 valence electrons. The van der Waals surface area contributed by atoms with Gasteiger partial charge in [0.25, 0.3) is 0 Å². The Labute approximate surface area is 184 Å². The van der Waals surface area contributed by atoms with Crippen LogP contribution in [0.5, 0.6) is 0 Å². The Kier molecular flexibility index (Phi) is 5.97. The summed E-state index contributed by atoms with van der Waals surface area (Å²) in [6.07, 6.45) is 0. The predicted molar refractivity (Wildman–Crippen MR) is 124 cm³/mol. The molecule has 0 amide bonds. The summed E-state index contributed by atoms with van der Waals surface area (Å²) in [6, 6.07) is 22.6. The fraction of sp³-hybridized carbons (Fsp3) is 0.0455. The number of hydrogen-bond donors (Lipinski definition) is 3. The molecule has 0 spiro atoms. The normalized spacial score (nSPS) is 10.5. The smallest absolute Gasteiger partial charge is 0.233 e. The predicted octanol–water partition coefficient (Wildman–Crippen LogP) is 6.72. The lowest BCUT2D eigenvalue weighted by Gasteiger charge is -2.12. The molecule has 6 nitrogen and oxygen atoms in total. The molecule has 4 rings (SSSR count). The second-order valence-corrected chi connectivity index (χ2v) is 7.44. The highest BCUT2D eigenvalue weighted by Crippen LogP contribution is 2.23. The number of nitrogens with zero attached hydrogens (tertiary/aromatic N) is 3. The summed E-state index contributed by atoms with van der Waals surface area (Å²) in [5.41, 5.74) is 3.54. The maximum absolute atomic E-state index is 6.09. The van der Waals surface area contributed by atoms with Gasteiger partial charge in [-0.15, -0.1) is 0 Å². The average molecular weight is 437 g/mol. The molecule has 0 aliphatic heterocycles. The van der Waals surface area contributed by atoms with Gasteiger partial charge in [-0.1, -0.05) is 47.5 Å². The lowest BCUT2D eigenvalue weighted by atomic mass is 10.2. The van der Waals surface area contributed by atoms with E-state index in [1.54, 1.807) is 24.3 Å². The highest BCUT2D eigenvalue weighted by atomic mass is 35.5. The van der Waals surface area contributed by atoms with Gasteiger partial charge in [-0.3, -0.25) is 0 Å². The van der Waals surface area contributed by atoms with Crippen molar-refractivity contribution in [2.45, 2.75) is 6.92 Å². The second kappa shape index (κ2) is 8.98. The summed E-state index contributed by atoms with van der Waals surface area (Å²) >= 11 is 12.2. The van der Waals surface area contributed by atoms with E-state index < -0.39 is 0 Å². The van der Waals surface area contributed by atoms with Crippen LogP contribution in [-0.4, -0.2) is 15.0 Å². The maximum Gasteiger partial charge on any atom is 0.233 e. The van der Waals surface area contributed by atoms with E-state index in [9.17, 15) is 0 Å². The number of halogens is 2.